The topological polar surface area (TPSA) is 87.8 Å². The second kappa shape index (κ2) is 13.5. The van der Waals surface area contributed by atoms with E-state index in [1.54, 1.807) is 18.2 Å². The van der Waals surface area contributed by atoms with Gasteiger partial charge in [-0.25, -0.2) is 0 Å². The highest BCUT2D eigenvalue weighted by atomic mass is 16.6. The molecule has 7 nitrogen and oxygen atoms in total. The van der Waals surface area contributed by atoms with Crippen LogP contribution in [0.1, 0.15) is 41.0 Å². The summed E-state index contributed by atoms with van der Waals surface area (Å²) in [5, 5.41) is 16.8. The molecule has 1 N–H and O–H groups in total. The second-order valence-electron chi connectivity index (χ2n) is 6.21. The van der Waals surface area contributed by atoms with Crippen LogP contribution in [-0.2, 0) is 0 Å². The highest BCUT2D eigenvalue weighted by Gasteiger charge is 2.06. The van der Waals surface area contributed by atoms with E-state index in [0.717, 1.165) is 30.9 Å². The Morgan fingerprint density at radius 2 is 1.85 bits per heavy atom. The van der Waals surface area contributed by atoms with Crippen molar-refractivity contribution in [1.29, 1.82) is 0 Å². The highest BCUT2D eigenvalue weighted by Crippen LogP contribution is 2.16. The van der Waals surface area contributed by atoms with E-state index in [4.69, 9.17) is 0 Å². The Morgan fingerprint density at radius 1 is 1.26 bits per heavy atom. The summed E-state index contributed by atoms with van der Waals surface area (Å²) in [4.78, 5) is 22.7. The van der Waals surface area contributed by atoms with E-state index in [1.165, 1.54) is 13.0 Å². The van der Waals surface area contributed by atoms with Gasteiger partial charge in [0.05, 0.1) is 4.92 Å². The minimum atomic E-state index is -0.394. The molecule has 0 aliphatic rings. The molecular weight excluding hydrogens is 344 g/mol. The van der Waals surface area contributed by atoms with Gasteiger partial charge in [0.2, 0.25) is 5.70 Å². The van der Waals surface area contributed by atoms with Crippen LogP contribution in [0, 0.1) is 20.9 Å². The molecule has 1 aromatic rings. The average molecular weight is 377 g/mol. The minimum Gasteiger partial charge on any atom is -0.385 e. The monoisotopic (exact) mass is 376 g/mol. The van der Waals surface area contributed by atoms with Crippen molar-refractivity contribution in [1.82, 2.24) is 4.90 Å². The molecule has 0 fully saturated rings. The quantitative estimate of drug-likeness (QED) is 0.250. The molecular formula is C20H32N4O3. The molecule has 0 saturated heterocycles. The largest absolute Gasteiger partial charge is 0.385 e. The summed E-state index contributed by atoms with van der Waals surface area (Å²) in [5.74, 6) is 0.454. The van der Waals surface area contributed by atoms with Crippen LogP contribution in [0.4, 0.5) is 11.4 Å². The first-order chi connectivity index (χ1) is 12.8. The van der Waals surface area contributed by atoms with Gasteiger partial charge in [0.25, 0.3) is 0 Å². The molecule has 1 rings (SSSR count). The van der Waals surface area contributed by atoms with Crippen molar-refractivity contribution in [2.75, 3.05) is 25.5 Å². The number of nitro groups is 1. The van der Waals surface area contributed by atoms with Gasteiger partial charge in [-0.3, -0.25) is 10.1 Å². The number of benzene rings is 1. The summed E-state index contributed by atoms with van der Waals surface area (Å²) in [6.45, 7) is 11.3. The van der Waals surface area contributed by atoms with E-state index in [9.17, 15) is 15.0 Å². The van der Waals surface area contributed by atoms with Crippen molar-refractivity contribution in [2.45, 2.75) is 41.0 Å². The maximum absolute atomic E-state index is 10.6. The number of hydrogen-bond acceptors (Lipinski definition) is 6. The predicted molar refractivity (Wildman–Crippen MR) is 113 cm³/mol. The zero-order chi connectivity index (χ0) is 20.8. The Labute approximate surface area is 162 Å². The molecule has 1 aromatic carbocycles. The number of nitrogens with zero attached hydrogens (tertiary/aromatic N) is 3. The fraction of sp³-hybridized carbons (Fsp3) is 0.500. The van der Waals surface area contributed by atoms with Crippen LogP contribution in [0.5, 0.6) is 0 Å². The smallest absolute Gasteiger partial charge is 0.243 e. The zero-order valence-electron chi connectivity index (χ0n) is 17.2. The summed E-state index contributed by atoms with van der Waals surface area (Å²) in [5.41, 5.74) is 2.49. The fourth-order valence-electron chi connectivity index (χ4n) is 2.05. The summed E-state index contributed by atoms with van der Waals surface area (Å²) in [6.07, 6.45) is 4.28. The van der Waals surface area contributed by atoms with Gasteiger partial charge in [-0.15, -0.1) is 4.91 Å². The number of hydrogen-bond donors (Lipinski definition) is 1. The fourth-order valence-corrected chi connectivity index (χ4v) is 2.05. The molecule has 0 radical (unpaired) electrons. The summed E-state index contributed by atoms with van der Waals surface area (Å²) in [6, 6.07) is 7.05. The maximum Gasteiger partial charge on any atom is 0.243 e. The van der Waals surface area contributed by atoms with Crippen molar-refractivity contribution in [3.63, 3.8) is 0 Å². The van der Waals surface area contributed by atoms with Gasteiger partial charge >= 0.3 is 0 Å². The first-order valence-electron chi connectivity index (χ1n) is 9.21. The van der Waals surface area contributed by atoms with Crippen molar-refractivity contribution < 1.29 is 4.92 Å². The van der Waals surface area contributed by atoms with Gasteiger partial charge in [-0.1, -0.05) is 20.8 Å². The summed E-state index contributed by atoms with van der Waals surface area (Å²) < 4.78 is 0. The number of nitroso groups, excluding NO2 is 1. The van der Waals surface area contributed by atoms with Gasteiger partial charge in [0.1, 0.15) is 5.69 Å². The maximum atomic E-state index is 10.6. The second-order valence-corrected chi connectivity index (χ2v) is 6.21. The normalized spacial score (nSPS) is 12.5. The van der Waals surface area contributed by atoms with E-state index >= 15 is 0 Å². The number of nitrogens with one attached hydrogen (secondary N) is 1. The van der Waals surface area contributed by atoms with Crippen LogP contribution in [0.3, 0.4) is 0 Å². The lowest BCUT2D eigenvalue weighted by atomic mass is 10.1. The SMILES string of the molecule is C/C(=C\C=C(/C)[N+](=O)[O-])N(C)CCC(C)CNc1ccc(N=O)cc1.CC. The van der Waals surface area contributed by atoms with Crippen molar-refractivity contribution in [3.05, 3.63) is 62.8 Å². The van der Waals surface area contributed by atoms with E-state index in [0.29, 0.717) is 11.6 Å². The molecule has 0 heterocycles. The third kappa shape index (κ3) is 10.1. The van der Waals surface area contributed by atoms with Crippen LogP contribution in [0.25, 0.3) is 0 Å². The third-order valence-corrected chi connectivity index (χ3v) is 4.04. The van der Waals surface area contributed by atoms with Crippen LogP contribution in [-0.4, -0.2) is 30.0 Å². The van der Waals surface area contributed by atoms with Crippen molar-refractivity contribution in [2.24, 2.45) is 11.1 Å². The van der Waals surface area contributed by atoms with Gasteiger partial charge in [0, 0.05) is 44.5 Å². The Morgan fingerprint density at radius 3 is 2.37 bits per heavy atom. The molecule has 0 aromatic heterocycles. The van der Waals surface area contributed by atoms with E-state index in [-0.39, 0.29) is 5.70 Å². The lowest BCUT2D eigenvalue weighted by Gasteiger charge is -2.22. The van der Waals surface area contributed by atoms with E-state index in [1.807, 2.05) is 40.0 Å². The standard InChI is InChI=1S/C18H26N4O3.C2H6/c1-14(13-19-17-7-9-18(20-23)10-8-17)11-12-21(4)15(2)5-6-16(3)22(24)25;1-2/h5-10,14,19H,11-13H2,1-4H3;1-2H3/b15-5+,16-6+;. The number of anilines is 1. The Bertz CT molecular complexity index is 639. The third-order valence-electron chi connectivity index (χ3n) is 4.04. The zero-order valence-corrected chi connectivity index (χ0v) is 17.2. The highest BCUT2D eigenvalue weighted by molar-refractivity contribution is 5.50. The van der Waals surface area contributed by atoms with Crippen LogP contribution in [0.15, 0.2) is 53.0 Å². The van der Waals surface area contributed by atoms with Crippen LogP contribution in [0.2, 0.25) is 0 Å². The van der Waals surface area contributed by atoms with Gasteiger partial charge in [-0.2, -0.15) is 0 Å². The molecule has 1 unspecified atom stereocenters. The first-order valence-corrected chi connectivity index (χ1v) is 9.21. The van der Waals surface area contributed by atoms with Crippen molar-refractivity contribution in [3.8, 4) is 0 Å². The molecule has 0 bridgehead atoms. The Hall–Kier alpha value is -2.70. The number of rotatable bonds is 10. The van der Waals surface area contributed by atoms with Crippen LogP contribution >= 0.6 is 0 Å². The van der Waals surface area contributed by atoms with Crippen molar-refractivity contribution >= 4 is 11.4 Å². The number of allylic oxidation sites excluding steroid dienone is 4. The molecule has 1 atom stereocenters. The molecule has 0 amide bonds. The molecule has 0 saturated carbocycles. The molecule has 0 aliphatic heterocycles. The molecule has 0 aliphatic carbocycles. The Balaban J connectivity index is 0.00000326. The molecule has 27 heavy (non-hydrogen) atoms. The lowest BCUT2D eigenvalue weighted by molar-refractivity contribution is -0.424. The molecule has 150 valence electrons. The first kappa shape index (κ1) is 24.3. The lowest BCUT2D eigenvalue weighted by Crippen LogP contribution is -2.21. The minimum absolute atomic E-state index is 0.126. The van der Waals surface area contributed by atoms with Gasteiger partial charge in [0.15, 0.2) is 0 Å². The predicted octanol–water partition coefficient (Wildman–Crippen LogP) is 5.56. The van der Waals surface area contributed by atoms with Gasteiger partial charge < -0.3 is 10.2 Å². The summed E-state index contributed by atoms with van der Waals surface area (Å²) in [7, 11) is 1.98. The average Bonchev–Trinajstić information content (AvgIpc) is 2.69. The van der Waals surface area contributed by atoms with Crippen LogP contribution < -0.4 is 5.32 Å². The Kier molecular flexibility index (Phi) is 12.1. The summed E-state index contributed by atoms with van der Waals surface area (Å²) >= 11 is 0. The van der Waals surface area contributed by atoms with E-state index in [2.05, 4.69) is 22.3 Å². The molecule has 7 heteroatoms. The van der Waals surface area contributed by atoms with E-state index < -0.39 is 4.92 Å². The van der Waals surface area contributed by atoms with Gasteiger partial charge in [-0.05, 0) is 54.8 Å². The molecule has 0 spiro atoms.